The average Bonchev–Trinajstić information content (AvgIpc) is 3.17. The van der Waals surface area contributed by atoms with E-state index in [0.717, 1.165) is 38.5 Å². The highest BCUT2D eigenvalue weighted by atomic mass is 35.5. The van der Waals surface area contributed by atoms with Crippen LogP contribution in [0.25, 0.3) is 0 Å². The molecule has 10 heteroatoms. The van der Waals surface area contributed by atoms with Gasteiger partial charge in [-0.2, -0.15) is 0 Å². The Bertz CT molecular complexity index is 1070. The Kier molecular flexibility index (Phi) is 10.5. The maximum atomic E-state index is 12.8. The number of halogens is 2. The summed E-state index contributed by atoms with van der Waals surface area (Å²) in [6, 6.07) is 10.5. The summed E-state index contributed by atoms with van der Waals surface area (Å²) in [4.78, 5) is 27.7. The van der Waals surface area contributed by atoms with E-state index in [1.807, 2.05) is 0 Å². The lowest BCUT2D eigenvalue weighted by molar-refractivity contribution is -0.134. The summed E-state index contributed by atoms with van der Waals surface area (Å²) in [5, 5.41) is 2.03. The van der Waals surface area contributed by atoms with Gasteiger partial charge >= 0.3 is 11.8 Å². The van der Waals surface area contributed by atoms with Crippen LogP contribution in [-0.4, -0.2) is 42.8 Å². The second kappa shape index (κ2) is 13.1. The number of aliphatic imine (C=N–C) groups is 1. The van der Waals surface area contributed by atoms with Crippen LogP contribution in [0.15, 0.2) is 41.4 Å². The first kappa shape index (κ1) is 28.1. The Balaban J connectivity index is 0.000000269. The lowest BCUT2D eigenvalue weighted by atomic mass is 10.1. The SMILES string of the molecule is CC(C)CN(C)Cc1ccc2c(c1)C[C@H](CN=C(N)N)C2.NC(=O)C(=O)Nc1ccc(Cl)c(F)c1. The van der Waals surface area contributed by atoms with Crippen molar-refractivity contribution in [3.63, 3.8) is 0 Å². The highest BCUT2D eigenvalue weighted by Gasteiger charge is 2.21. The third kappa shape index (κ3) is 9.54. The summed E-state index contributed by atoms with van der Waals surface area (Å²) >= 11 is 5.40. The number of carbonyl (C=O) groups is 2. The van der Waals surface area contributed by atoms with Crippen molar-refractivity contribution in [2.45, 2.75) is 33.2 Å². The summed E-state index contributed by atoms with van der Waals surface area (Å²) in [6.45, 7) is 7.40. The maximum absolute atomic E-state index is 12.8. The first-order valence-electron chi connectivity index (χ1n) is 11.3. The van der Waals surface area contributed by atoms with Crippen LogP contribution >= 0.6 is 11.6 Å². The van der Waals surface area contributed by atoms with Crippen molar-refractivity contribution in [3.05, 3.63) is 63.9 Å². The molecule has 0 heterocycles. The second-order valence-corrected chi connectivity index (χ2v) is 9.59. The molecular weight excluding hydrogens is 471 g/mol. The molecule has 0 saturated carbocycles. The molecule has 0 radical (unpaired) electrons. The van der Waals surface area contributed by atoms with E-state index in [9.17, 15) is 14.0 Å². The summed E-state index contributed by atoms with van der Waals surface area (Å²) in [7, 11) is 2.19. The zero-order valence-electron chi connectivity index (χ0n) is 20.4. The van der Waals surface area contributed by atoms with Crippen molar-refractivity contribution in [2.24, 2.45) is 34.0 Å². The van der Waals surface area contributed by atoms with Gasteiger partial charge in [0.15, 0.2) is 5.96 Å². The normalized spacial score (nSPS) is 14.2. The number of guanidine groups is 1. The molecule has 0 fully saturated rings. The third-order valence-electron chi connectivity index (χ3n) is 5.35. The molecule has 1 aliphatic carbocycles. The van der Waals surface area contributed by atoms with Gasteiger partial charge in [-0.3, -0.25) is 14.6 Å². The largest absolute Gasteiger partial charge is 0.370 e. The first-order valence-corrected chi connectivity index (χ1v) is 11.7. The molecule has 190 valence electrons. The van der Waals surface area contributed by atoms with Crippen LogP contribution in [0.1, 0.15) is 30.5 Å². The highest BCUT2D eigenvalue weighted by molar-refractivity contribution is 6.39. The first-order chi connectivity index (χ1) is 16.4. The molecule has 0 aromatic heterocycles. The lowest BCUT2D eigenvalue weighted by Crippen LogP contribution is -2.29. The van der Waals surface area contributed by atoms with Crippen molar-refractivity contribution < 1.29 is 14.0 Å². The number of carbonyl (C=O) groups excluding carboxylic acids is 2. The Morgan fingerprint density at radius 3 is 2.43 bits per heavy atom. The number of benzene rings is 2. The van der Waals surface area contributed by atoms with E-state index in [1.165, 1.54) is 28.8 Å². The van der Waals surface area contributed by atoms with Gasteiger partial charge in [0.25, 0.3) is 0 Å². The van der Waals surface area contributed by atoms with E-state index in [4.69, 9.17) is 23.1 Å². The smallest absolute Gasteiger partial charge is 0.313 e. The van der Waals surface area contributed by atoms with Gasteiger partial charge in [0, 0.05) is 25.3 Å². The van der Waals surface area contributed by atoms with E-state index in [0.29, 0.717) is 11.8 Å². The van der Waals surface area contributed by atoms with Crippen LogP contribution in [0.3, 0.4) is 0 Å². The van der Waals surface area contributed by atoms with E-state index in [2.05, 4.69) is 60.0 Å². The zero-order chi connectivity index (χ0) is 26.1. The number of amides is 2. The van der Waals surface area contributed by atoms with E-state index in [1.54, 1.807) is 0 Å². The van der Waals surface area contributed by atoms with Gasteiger partial charge in [0.05, 0.1) is 5.02 Å². The minimum atomic E-state index is -1.14. The van der Waals surface area contributed by atoms with Gasteiger partial charge in [0.1, 0.15) is 5.82 Å². The monoisotopic (exact) mass is 504 g/mol. The Labute approximate surface area is 210 Å². The minimum Gasteiger partial charge on any atom is -0.370 e. The van der Waals surface area contributed by atoms with E-state index >= 15 is 0 Å². The molecule has 3 rings (SSSR count). The van der Waals surface area contributed by atoms with Crippen LogP contribution in [0.2, 0.25) is 5.02 Å². The molecule has 2 aromatic carbocycles. The van der Waals surface area contributed by atoms with Crippen LogP contribution in [0.5, 0.6) is 0 Å². The Hall–Kier alpha value is -3.17. The number of primary amides is 1. The molecule has 0 unspecified atom stereocenters. The third-order valence-corrected chi connectivity index (χ3v) is 5.66. The molecule has 1 atom stereocenters. The van der Waals surface area contributed by atoms with Crippen molar-refractivity contribution in [3.8, 4) is 0 Å². The fourth-order valence-electron chi connectivity index (χ4n) is 3.99. The minimum absolute atomic E-state index is 0.0675. The number of rotatable bonds is 7. The number of nitrogens with zero attached hydrogens (tertiary/aromatic N) is 2. The van der Waals surface area contributed by atoms with Crippen LogP contribution in [0, 0.1) is 17.7 Å². The van der Waals surface area contributed by atoms with Gasteiger partial charge < -0.3 is 27.4 Å². The van der Waals surface area contributed by atoms with Crippen molar-refractivity contribution in [1.29, 1.82) is 0 Å². The van der Waals surface area contributed by atoms with Gasteiger partial charge in [-0.25, -0.2) is 4.39 Å². The number of nitrogens with one attached hydrogen (secondary N) is 1. The molecule has 0 saturated heterocycles. The lowest BCUT2D eigenvalue weighted by Gasteiger charge is -2.19. The highest BCUT2D eigenvalue weighted by Crippen LogP contribution is 2.28. The molecule has 0 spiro atoms. The number of fused-ring (bicyclic) bond motifs is 1. The van der Waals surface area contributed by atoms with Crippen LogP contribution < -0.4 is 22.5 Å². The fraction of sp³-hybridized carbons (Fsp3) is 0.400. The predicted molar refractivity (Wildman–Crippen MR) is 138 cm³/mol. The van der Waals surface area contributed by atoms with E-state index < -0.39 is 17.6 Å². The van der Waals surface area contributed by atoms with Crippen molar-refractivity contribution in [2.75, 3.05) is 25.5 Å². The average molecular weight is 505 g/mol. The number of nitrogens with two attached hydrogens (primary N) is 3. The molecule has 0 bridgehead atoms. The summed E-state index contributed by atoms with van der Waals surface area (Å²) < 4.78 is 12.8. The molecule has 1 aliphatic rings. The second-order valence-electron chi connectivity index (χ2n) is 9.18. The predicted octanol–water partition coefficient (Wildman–Crippen LogP) is 2.67. The number of hydrogen-bond donors (Lipinski definition) is 4. The standard InChI is InChI=1S/C17H28N4.C8H6ClFN2O2/c1-12(2)10-21(3)11-13-4-5-15-7-14(8-16(15)6-13)9-20-17(18)19;9-5-2-1-4(3-6(5)10)12-8(14)7(11)13/h4-6,12,14H,7-11H2,1-3H3,(H4,18,19,20);1-3H,(H2,11,13)(H,12,14)/t14-;/m1./s1. The topological polar surface area (TPSA) is 140 Å². The molecule has 2 aromatic rings. The summed E-state index contributed by atoms with van der Waals surface area (Å²) in [6.07, 6.45) is 2.18. The Morgan fingerprint density at radius 1 is 1.14 bits per heavy atom. The summed E-state index contributed by atoms with van der Waals surface area (Å²) in [5.74, 6) is -1.39. The maximum Gasteiger partial charge on any atom is 0.313 e. The van der Waals surface area contributed by atoms with Crippen molar-refractivity contribution >= 4 is 35.1 Å². The van der Waals surface area contributed by atoms with Crippen molar-refractivity contribution in [1.82, 2.24) is 4.90 Å². The van der Waals surface area contributed by atoms with Gasteiger partial charge in [-0.15, -0.1) is 0 Å². The molecule has 7 N–H and O–H groups in total. The van der Waals surface area contributed by atoms with Gasteiger partial charge in [0.2, 0.25) is 0 Å². The zero-order valence-corrected chi connectivity index (χ0v) is 21.1. The Morgan fingerprint density at radius 2 is 1.83 bits per heavy atom. The molecule has 2 amide bonds. The van der Waals surface area contributed by atoms with E-state index in [-0.39, 0.29) is 16.7 Å². The fourth-order valence-corrected chi connectivity index (χ4v) is 4.11. The summed E-state index contributed by atoms with van der Waals surface area (Å²) in [5.41, 5.74) is 20.0. The van der Waals surface area contributed by atoms with Crippen LogP contribution in [0.4, 0.5) is 10.1 Å². The van der Waals surface area contributed by atoms with Gasteiger partial charge in [-0.05, 0) is 66.6 Å². The van der Waals surface area contributed by atoms with Gasteiger partial charge in [-0.1, -0.05) is 43.6 Å². The molecule has 0 aliphatic heterocycles. The molecule has 35 heavy (non-hydrogen) atoms. The number of anilines is 1. The quantitative estimate of drug-likeness (QED) is 0.261. The van der Waals surface area contributed by atoms with Crippen LogP contribution in [-0.2, 0) is 29.0 Å². The molecular formula is C25H34ClFN6O2. The number of hydrogen-bond acceptors (Lipinski definition) is 4. The molecule has 8 nitrogen and oxygen atoms in total.